The van der Waals surface area contributed by atoms with Crippen molar-refractivity contribution < 1.29 is 4.58 Å². The van der Waals surface area contributed by atoms with Crippen molar-refractivity contribution in [3.8, 4) is 0 Å². The van der Waals surface area contributed by atoms with Crippen LogP contribution in [0.1, 0.15) is 124 Å². The van der Waals surface area contributed by atoms with E-state index < -0.39 is 0 Å². The first-order chi connectivity index (χ1) is 13.3. The second kappa shape index (κ2) is 17.3. The van der Waals surface area contributed by atoms with Gasteiger partial charge in [0.1, 0.15) is 12.6 Å². The fraction of sp³-hybridized carbons (Fsp3) is 0.880. The Morgan fingerprint density at radius 1 is 0.778 bits per heavy atom. The van der Waals surface area contributed by atoms with Crippen LogP contribution in [-0.4, -0.2) is 29.5 Å². The Hall–Kier alpha value is -0.790. The fourth-order valence-corrected chi connectivity index (χ4v) is 4.33. The lowest BCUT2D eigenvalue weighted by molar-refractivity contribution is -0.554. The summed E-state index contributed by atoms with van der Waals surface area (Å²) in [6.45, 7) is 9.17. The highest BCUT2D eigenvalue weighted by Crippen LogP contribution is 2.14. The van der Waals surface area contributed by atoms with E-state index in [9.17, 15) is 0 Å². The minimum absolute atomic E-state index is 0.752. The molecular weight excluding hydrogens is 328 g/mol. The first-order valence-corrected chi connectivity index (χ1v) is 12.3. The Labute approximate surface area is 170 Å². The van der Waals surface area contributed by atoms with Crippen LogP contribution in [0.15, 0.2) is 12.2 Å². The molecule has 1 heterocycles. The van der Waals surface area contributed by atoms with E-state index in [1.54, 1.807) is 0 Å². The van der Waals surface area contributed by atoms with Crippen molar-refractivity contribution in [2.75, 3.05) is 13.1 Å². The molecule has 1 atom stereocenters. The summed E-state index contributed by atoms with van der Waals surface area (Å²) in [7, 11) is 0. The van der Waals surface area contributed by atoms with E-state index in [-0.39, 0.29) is 0 Å². The molecule has 0 radical (unpaired) electrons. The third-order valence-corrected chi connectivity index (χ3v) is 6.05. The minimum atomic E-state index is 0.752. The van der Waals surface area contributed by atoms with Crippen molar-refractivity contribution in [2.45, 2.75) is 130 Å². The van der Waals surface area contributed by atoms with E-state index >= 15 is 0 Å². The van der Waals surface area contributed by atoms with Crippen LogP contribution < -0.4 is 5.32 Å². The van der Waals surface area contributed by atoms with Crippen molar-refractivity contribution in [3.63, 3.8) is 0 Å². The van der Waals surface area contributed by atoms with Gasteiger partial charge in [0.25, 0.3) is 0 Å². The standard InChI is InChI=1S/C25H48N2/c1-4-7-8-9-10-11-12-13-14-15-16-17-18-19-20-21-22-24-23-26-25(5-2)27(24)6-3/h13-14,24H,4-12,15-23H2,1-3H3/p+1/b14-13-. The van der Waals surface area contributed by atoms with E-state index in [0.29, 0.717) is 0 Å². The minimum Gasteiger partial charge on any atom is -0.274 e. The maximum absolute atomic E-state index is 3.60. The number of nitrogens with one attached hydrogen (secondary N) is 1. The lowest BCUT2D eigenvalue weighted by atomic mass is 10.0. The first-order valence-electron chi connectivity index (χ1n) is 12.3. The molecule has 1 unspecified atom stereocenters. The molecule has 0 aromatic rings. The van der Waals surface area contributed by atoms with Crippen molar-refractivity contribution in [1.82, 2.24) is 5.32 Å². The smallest absolute Gasteiger partial charge is 0.244 e. The molecule has 0 spiro atoms. The van der Waals surface area contributed by atoms with Gasteiger partial charge in [0, 0.05) is 6.42 Å². The molecule has 2 heteroatoms. The number of likely N-dealkylation sites (N-methyl/N-ethyl adjacent to an activating group) is 1. The van der Waals surface area contributed by atoms with E-state index in [1.165, 1.54) is 109 Å². The second-order valence-corrected chi connectivity index (χ2v) is 8.35. The van der Waals surface area contributed by atoms with Gasteiger partial charge >= 0.3 is 0 Å². The maximum Gasteiger partial charge on any atom is 0.244 e. The zero-order valence-corrected chi connectivity index (χ0v) is 18.9. The lowest BCUT2D eigenvalue weighted by Gasteiger charge is -2.10. The van der Waals surface area contributed by atoms with Gasteiger partial charge in [0.15, 0.2) is 0 Å². The summed E-state index contributed by atoms with van der Waals surface area (Å²) >= 11 is 0. The third-order valence-electron chi connectivity index (χ3n) is 6.05. The SMILES string of the molecule is CCCCCCCC/C=C\CCCCCCCCC1CNC(CC)=[N+]1CC. The number of rotatable bonds is 18. The molecule has 0 amide bonds. The quantitative estimate of drug-likeness (QED) is 0.151. The molecule has 27 heavy (non-hydrogen) atoms. The van der Waals surface area contributed by atoms with E-state index in [0.717, 1.165) is 19.0 Å². The van der Waals surface area contributed by atoms with E-state index in [4.69, 9.17) is 0 Å². The number of allylic oxidation sites excluding steroid dienone is 2. The Morgan fingerprint density at radius 2 is 1.33 bits per heavy atom. The predicted octanol–water partition coefficient (Wildman–Crippen LogP) is 7.23. The van der Waals surface area contributed by atoms with Crippen LogP contribution in [0.5, 0.6) is 0 Å². The molecule has 0 saturated carbocycles. The van der Waals surface area contributed by atoms with Crippen LogP contribution in [0.25, 0.3) is 0 Å². The van der Waals surface area contributed by atoms with Gasteiger partial charge in [0.2, 0.25) is 5.84 Å². The molecule has 0 aromatic carbocycles. The van der Waals surface area contributed by atoms with Crippen LogP contribution in [0.4, 0.5) is 0 Å². The van der Waals surface area contributed by atoms with Crippen LogP contribution >= 0.6 is 0 Å². The van der Waals surface area contributed by atoms with Gasteiger partial charge in [-0.1, -0.05) is 83.8 Å². The molecule has 0 fully saturated rings. The number of amidine groups is 1. The predicted molar refractivity (Wildman–Crippen MR) is 122 cm³/mol. The monoisotopic (exact) mass is 377 g/mol. The molecule has 0 aliphatic carbocycles. The average molecular weight is 378 g/mol. The molecule has 1 N–H and O–H groups in total. The highest BCUT2D eigenvalue weighted by atomic mass is 15.2. The normalized spacial score (nSPS) is 17.2. The summed E-state index contributed by atoms with van der Waals surface area (Å²) < 4.78 is 2.59. The Kier molecular flexibility index (Phi) is 15.6. The van der Waals surface area contributed by atoms with Crippen LogP contribution in [0.3, 0.4) is 0 Å². The number of nitrogens with zero attached hydrogens (tertiary/aromatic N) is 1. The largest absolute Gasteiger partial charge is 0.274 e. The number of hydrogen-bond donors (Lipinski definition) is 1. The van der Waals surface area contributed by atoms with E-state index in [2.05, 4.69) is 42.8 Å². The van der Waals surface area contributed by atoms with Gasteiger partial charge in [-0.3, -0.25) is 9.89 Å². The van der Waals surface area contributed by atoms with Gasteiger partial charge < -0.3 is 0 Å². The van der Waals surface area contributed by atoms with E-state index in [1.807, 2.05) is 0 Å². The maximum atomic E-state index is 3.60. The highest BCUT2D eigenvalue weighted by Gasteiger charge is 2.28. The number of unbranched alkanes of at least 4 members (excludes halogenated alkanes) is 12. The summed E-state index contributed by atoms with van der Waals surface area (Å²) in [5.74, 6) is 1.46. The summed E-state index contributed by atoms with van der Waals surface area (Å²) in [5.41, 5.74) is 0. The fourth-order valence-electron chi connectivity index (χ4n) is 4.33. The van der Waals surface area contributed by atoms with Gasteiger partial charge in [0.05, 0.1) is 6.54 Å². The van der Waals surface area contributed by atoms with Gasteiger partial charge in [-0.15, -0.1) is 0 Å². The van der Waals surface area contributed by atoms with Gasteiger partial charge in [-0.05, 0) is 45.4 Å². The zero-order valence-electron chi connectivity index (χ0n) is 18.9. The molecule has 1 rings (SSSR count). The summed E-state index contributed by atoms with van der Waals surface area (Å²) in [6.07, 6.45) is 26.9. The number of hydrogen-bond acceptors (Lipinski definition) is 1. The second-order valence-electron chi connectivity index (χ2n) is 8.35. The lowest BCUT2D eigenvalue weighted by Crippen LogP contribution is -2.26. The molecule has 0 bridgehead atoms. The summed E-state index contributed by atoms with van der Waals surface area (Å²) in [5, 5.41) is 3.60. The van der Waals surface area contributed by atoms with Crippen LogP contribution in [0.2, 0.25) is 0 Å². The topological polar surface area (TPSA) is 15.0 Å². The molecular formula is C25H49N2+. The van der Waals surface area contributed by atoms with Crippen molar-refractivity contribution in [1.29, 1.82) is 0 Å². The summed E-state index contributed by atoms with van der Waals surface area (Å²) in [4.78, 5) is 0. The average Bonchev–Trinajstić information content (AvgIpc) is 3.09. The first kappa shape index (κ1) is 24.2. The van der Waals surface area contributed by atoms with Crippen molar-refractivity contribution in [3.05, 3.63) is 12.2 Å². The third kappa shape index (κ3) is 11.6. The molecule has 2 nitrogen and oxygen atoms in total. The zero-order chi connectivity index (χ0) is 19.6. The highest BCUT2D eigenvalue weighted by molar-refractivity contribution is 5.78. The van der Waals surface area contributed by atoms with Crippen LogP contribution in [0, 0.1) is 0 Å². The molecule has 158 valence electrons. The molecule has 1 aliphatic rings. The van der Waals surface area contributed by atoms with Crippen molar-refractivity contribution >= 4 is 5.84 Å². The Balaban J connectivity index is 1.85. The Morgan fingerprint density at radius 3 is 1.89 bits per heavy atom. The molecule has 1 aliphatic heterocycles. The van der Waals surface area contributed by atoms with Gasteiger partial charge in [-0.25, -0.2) is 0 Å². The van der Waals surface area contributed by atoms with Gasteiger partial charge in [-0.2, -0.15) is 0 Å². The van der Waals surface area contributed by atoms with Crippen LogP contribution in [-0.2, 0) is 0 Å². The summed E-state index contributed by atoms with van der Waals surface area (Å²) in [6, 6.07) is 0.752. The molecule has 0 aromatic heterocycles. The van der Waals surface area contributed by atoms with Crippen molar-refractivity contribution in [2.24, 2.45) is 0 Å². The molecule has 0 saturated heterocycles. The Bertz CT molecular complexity index is 397.